The zero-order valence-corrected chi connectivity index (χ0v) is 16.4. The Morgan fingerprint density at radius 3 is 2.38 bits per heavy atom. The fourth-order valence-corrected chi connectivity index (χ4v) is 3.27. The van der Waals surface area contributed by atoms with Gasteiger partial charge in [-0.25, -0.2) is 0 Å². The van der Waals surface area contributed by atoms with Gasteiger partial charge in [0.1, 0.15) is 5.75 Å². The lowest BCUT2D eigenvalue weighted by Gasteiger charge is -2.16. The third kappa shape index (κ3) is 4.46. The van der Waals surface area contributed by atoms with Crippen LogP contribution in [0, 0.1) is 0 Å². The second kappa shape index (κ2) is 9.34. The predicted octanol–water partition coefficient (Wildman–Crippen LogP) is 2.35. The maximum atomic E-state index is 12.6. The molecule has 2 aromatic carbocycles. The minimum absolute atomic E-state index is 0.0895. The summed E-state index contributed by atoms with van der Waals surface area (Å²) in [7, 11) is 0. The van der Waals surface area contributed by atoms with Gasteiger partial charge in [-0.1, -0.05) is 18.2 Å². The fourth-order valence-electron chi connectivity index (χ4n) is 3.27. The SMILES string of the molecule is CCOc1ccc(CN2C(=O)c3ccccc3C2=O)cc1C(=O)NCCCCN. The highest BCUT2D eigenvalue weighted by Gasteiger charge is 2.35. The summed E-state index contributed by atoms with van der Waals surface area (Å²) in [5, 5.41) is 2.86. The van der Waals surface area contributed by atoms with Gasteiger partial charge in [0, 0.05) is 6.54 Å². The Hall–Kier alpha value is -3.19. The standard InChI is InChI=1S/C22H25N3O4/c1-2-29-19-10-9-15(13-18(19)20(26)24-12-6-5-11-23)14-25-21(27)16-7-3-4-8-17(16)22(25)28/h3-4,7-10,13H,2,5-6,11-12,14,23H2,1H3,(H,24,26). The van der Waals surface area contributed by atoms with Crippen LogP contribution in [0.1, 0.15) is 56.4 Å². The number of unbranched alkanes of at least 4 members (excludes halogenated alkanes) is 1. The molecule has 7 nitrogen and oxygen atoms in total. The molecule has 0 unspecified atom stereocenters. The molecule has 1 aliphatic heterocycles. The zero-order chi connectivity index (χ0) is 20.8. The van der Waals surface area contributed by atoms with E-state index in [1.165, 1.54) is 4.90 Å². The number of nitrogens with two attached hydrogens (primary N) is 1. The highest BCUT2D eigenvalue weighted by Crippen LogP contribution is 2.26. The summed E-state index contributed by atoms with van der Waals surface area (Å²) in [6.07, 6.45) is 1.62. The van der Waals surface area contributed by atoms with Gasteiger partial charge in [-0.3, -0.25) is 19.3 Å². The first kappa shape index (κ1) is 20.5. The van der Waals surface area contributed by atoms with E-state index in [-0.39, 0.29) is 24.3 Å². The van der Waals surface area contributed by atoms with E-state index in [9.17, 15) is 14.4 Å². The van der Waals surface area contributed by atoms with E-state index in [1.807, 2.05) is 6.92 Å². The predicted molar refractivity (Wildman–Crippen MR) is 109 cm³/mol. The highest BCUT2D eigenvalue weighted by molar-refractivity contribution is 6.21. The third-order valence-corrected chi connectivity index (χ3v) is 4.72. The summed E-state index contributed by atoms with van der Waals surface area (Å²) in [4.78, 5) is 39.0. The molecule has 0 bridgehead atoms. The van der Waals surface area contributed by atoms with Crippen molar-refractivity contribution in [2.24, 2.45) is 5.73 Å². The molecule has 2 aromatic rings. The molecule has 3 rings (SSSR count). The van der Waals surface area contributed by atoms with Crippen LogP contribution in [0.2, 0.25) is 0 Å². The van der Waals surface area contributed by atoms with Gasteiger partial charge in [0.25, 0.3) is 17.7 Å². The van der Waals surface area contributed by atoms with Crippen molar-refractivity contribution in [2.75, 3.05) is 19.7 Å². The molecule has 29 heavy (non-hydrogen) atoms. The molecule has 152 valence electrons. The number of carbonyl (C=O) groups excluding carboxylic acids is 3. The Morgan fingerprint density at radius 1 is 1.07 bits per heavy atom. The quantitative estimate of drug-likeness (QED) is 0.501. The van der Waals surface area contributed by atoms with Gasteiger partial charge in [0.05, 0.1) is 29.8 Å². The monoisotopic (exact) mass is 395 g/mol. The normalized spacial score (nSPS) is 12.8. The second-order valence-corrected chi connectivity index (χ2v) is 6.76. The van der Waals surface area contributed by atoms with E-state index in [2.05, 4.69) is 5.32 Å². The smallest absolute Gasteiger partial charge is 0.261 e. The molecule has 0 saturated heterocycles. The molecule has 0 aliphatic carbocycles. The van der Waals surface area contributed by atoms with Crippen LogP contribution in [0.5, 0.6) is 5.75 Å². The molecular formula is C22H25N3O4. The molecular weight excluding hydrogens is 370 g/mol. The molecule has 0 saturated carbocycles. The Morgan fingerprint density at radius 2 is 1.76 bits per heavy atom. The number of rotatable bonds is 9. The minimum atomic E-state index is -0.327. The number of carbonyl (C=O) groups is 3. The van der Waals surface area contributed by atoms with Gasteiger partial charge in [0.15, 0.2) is 0 Å². The van der Waals surface area contributed by atoms with Crippen LogP contribution in [0.4, 0.5) is 0 Å². The van der Waals surface area contributed by atoms with E-state index >= 15 is 0 Å². The topological polar surface area (TPSA) is 102 Å². The number of nitrogens with zero attached hydrogens (tertiary/aromatic N) is 1. The first-order valence-electron chi connectivity index (χ1n) is 9.76. The fraction of sp³-hybridized carbons (Fsp3) is 0.318. The van der Waals surface area contributed by atoms with Gasteiger partial charge >= 0.3 is 0 Å². The van der Waals surface area contributed by atoms with E-state index in [1.54, 1.807) is 42.5 Å². The lowest BCUT2D eigenvalue weighted by molar-refractivity contribution is 0.0642. The van der Waals surface area contributed by atoms with E-state index in [0.29, 0.717) is 47.7 Å². The van der Waals surface area contributed by atoms with Crippen molar-refractivity contribution in [3.8, 4) is 5.75 Å². The van der Waals surface area contributed by atoms with Crippen LogP contribution >= 0.6 is 0 Å². The first-order chi connectivity index (χ1) is 14.1. The molecule has 3 amide bonds. The number of benzene rings is 2. The molecule has 3 N–H and O–H groups in total. The summed E-state index contributed by atoms with van der Waals surface area (Å²) in [6, 6.07) is 11.9. The van der Waals surface area contributed by atoms with Crippen molar-refractivity contribution in [3.63, 3.8) is 0 Å². The number of ether oxygens (including phenoxy) is 1. The Labute approximate surface area is 169 Å². The van der Waals surface area contributed by atoms with Gasteiger partial charge in [-0.2, -0.15) is 0 Å². The van der Waals surface area contributed by atoms with Crippen LogP contribution in [-0.2, 0) is 6.54 Å². The minimum Gasteiger partial charge on any atom is -0.493 e. The molecule has 0 fully saturated rings. The summed E-state index contributed by atoms with van der Waals surface area (Å²) in [5.74, 6) is -0.441. The van der Waals surface area contributed by atoms with E-state index in [4.69, 9.17) is 10.5 Å². The maximum Gasteiger partial charge on any atom is 0.261 e. The average molecular weight is 395 g/mol. The van der Waals surface area contributed by atoms with Gasteiger partial charge in [0.2, 0.25) is 0 Å². The Balaban J connectivity index is 1.79. The molecule has 1 heterocycles. The molecule has 0 radical (unpaired) electrons. The summed E-state index contributed by atoms with van der Waals surface area (Å²) < 4.78 is 5.58. The lowest BCUT2D eigenvalue weighted by atomic mass is 10.1. The number of fused-ring (bicyclic) bond motifs is 1. The molecule has 0 aromatic heterocycles. The van der Waals surface area contributed by atoms with Crippen molar-refractivity contribution in [3.05, 3.63) is 64.7 Å². The van der Waals surface area contributed by atoms with Crippen LogP contribution < -0.4 is 15.8 Å². The molecule has 1 aliphatic rings. The van der Waals surface area contributed by atoms with Crippen LogP contribution in [0.3, 0.4) is 0 Å². The number of nitrogens with one attached hydrogen (secondary N) is 1. The summed E-state index contributed by atoms with van der Waals surface area (Å²) in [6.45, 7) is 3.45. The van der Waals surface area contributed by atoms with Crippen molar-refractivity contribution in [1.82, 2.24) is 10.2 Å². The van der Waals surface area contributed by atoms with Crippen molar-refractivity contribution in [1.29, 1.82) is 0 Å². The van der Waals surface area contributed by atoms with Crippen LogP contribution in [-0.4, -0.2) is 42.3 Å². The summed E-state index contributed by atoms with van der Waals surface area (Å²) >= 11 is 0. The Bertz CT molecular complexity index is 891. The van der Waals surface area contributed by atoms with Gasteiger partial charge in [-0.15, -0.1) is 0 Å². The molecule has 0 atom stereocenters. The van der Waals surface area contributed by atoms with E-state index < -0.39 is 0 Å². The highest BCUT2D eigenvalue weighted by atomic mass is 16.5. The molecule has 7 heteroatoms. The maximum absolute atomic E-state index is 12.6. The molecule has 0 spiro atoms. The number of hydrogen-bond donors (Lipinski definition) is 2. The number of imide groups is 1. The Kier molecular flexibility index (Phi) is 6.61. The summed E-state index contributed by atoms with van der Waals surface area (Å²) in [5.41, 5.74) is 7.35. The van der Waals surface area contributed by atoms with Crippen molar-refractivity contribution in [2.45, 2.75) is 26.3 Å². The van der Waals surface area contributed by atoms with Gasteiger partial charge < -0.3 is 15.8 Å². The average Bonchev–Trinajstić information content (AvgIpc) is 2.97. The first-order valence-corrected chi connectivity index (χ1v) is 9.76. The number of amides is 3. The third-order valence-electron chi connectivity index (χ3n) is 4.72. The largest absolute Gasteiger partial charge is 0.493 e. The van der Waals surface area contributed by atoms with Crippen molar-refractivity contribution < 1.29 is 19.1 Å². The van der Waals surface area contributed by atoms with Gasteiger partial charge in [-0.05, 0) is 56.1 Å². The van der Waals surface area contributed by atoms with E-state index in [0.717, 1.165) is 12.8 Å². The number of hydrogen-bond acceptors (Lipinski definition) is 5. The lowest BCUT2D eigenvalue weighted by Crippen LogP contribution is -2.29. The zero-order valence-electron chi connectivity index (χ0n) is 16.4. The van der Waals surface area contributed by atoms with Crippen LogP contribution in [0.15, 0.2) is 42.5 Å². The van der Waals surface area contributed by atoms with Crippen LogP contribution in [0.25, 0.3) is 0 Å². The second-order valence-electron chi connectivity index (χ2n) is 6.76. The van der Waals surface area contributed by atoms with Crippen molar-refractivity contribution >= 4 is 17.7 Å².